The monoisotopic (exact) mass is 128 g/mol. The molecule has 8 heavy (non-hydrogen) atoms. The number of nitrogens with one attached hydrogen (secondary N) is 1. The van der Waals surface area contributed by atoms with Crippen LogP contribution < -0.4 is 5.32 Å². The maximum Gasteiger partial charge on any atom is 0.0823 e. The standard InChI is InChI=1S/C6H10NS/c1-3-5-7-6(8)4-2/h3-4,6-7H,1-2,5H2. The SMILES string of the molecule is C=CCNC([S])C=C. The van der Waals surface area contributed by atoms with Gasteiger partial charge in [0.25, 0.3) is 0 Å². The Hall–Kier alpha value is -0.210. The summed E-state index contributed by atoms with van der Waals surface area (Å²) in [6.07, 6.45) is 3.45. The summed E-state index contributed by atoms with van der Waals surface area (Å²) in [7, 11) is 0. The maximum absolute atomic E-state index is 4.83. The first-order chi connectivity index (χ1) is 3.81. The molecule has 0 aliphatic carbocycles. The summed E-state index contributed by atoms with van der Waals surface area (Å²) in [5.74, 6) is 0. The second-order valence-corrected chi connectivity index (χ2v) is 1.86. The van der Waals surface area contributed by atoms with Crippen LogP contribution >= 0.6 is 12.6 Å². The molecule has 45 valence electrons. The Bertz CT molecular complexity index is 80.6. The van der Waals surface area contributed by atoms with Gasteiger partial charge >= 0.3 is 0 Å². The molecule has 0 aromatic heterocycles. The third-order valence-corrected chi connectivity index (χ3v) is 1.04. The van der Waals surface area contributed by atoms with E-state index in [0.717, 1.165) is 6.54 Å². The molecule has 0 amide bonds. The lowest BCUT2D eigenvalue weighted by molar-refractivity contribution is 0.806. The summed E-state index contributed by atoms with van der Waals surface area (Å²) < 4.78 is 0. The van der Waals surface area contributed by atoms with Gasteiger partial charge < -0.3 is 0 Å². The van der Waals surface area contributed by atoms with Gasteiger partial charge in [0.1, 0.15) is 0 Å². The van der Waals surface area contributed by atoms with Crippen LogP contribution in [0.5, 0.6) is 0 Å². The summed E-state index contributed by atoms with van der Waals surface area (Å²) in [5, 5.41) is 2.94. The van der Waals surface area contributed by atoms with Crippen molar-refractivity contribution in [3.8, 4) is 0 Å². The van der Waals surface area contributed by atoms with E-state index >= 15 is 0 Å². The number of rotatable bonds is 4. The van der Waals surface area contributed by atoms with E-state index in [-0.39, 0.29) is 5.37 Å². The van der Waals surface area contributed by atoms with Crippen LogP contribution in [0.1, 0.15) is 0 Å². The van der Waals surface area contributed by atoms with Crippen LogP contribution in [0.25, 0.3) is 0 Å². The zero-order valence-electron chi connectivity index (χ0n) is 4.76. The van der Waals surface area contributed by atoms with Gasteiger partial charge in [-0.1, -0.05) is 24.8 Å². The Kier molecular flexibility index (Phi) is 4.81. The average Bonchev–Trinajstić information content (AvgIpc) is 1.83. The number of hydrogen-bond donors (Lipinski definition) is 1. The molecule has 0 aliphatic heterocycles. The third-order valence-electron chi connectivity index (χ3n) is 0.677. The van der Waals surface area contributed by atoms with Crippen LogP contribution in [0.2, 0.25) is 0 Å². The Labute approximate surface area is 55.9 Å². The second kappa shape index (κ2) is 4.94. The summed E-state index contributed by atoms with van der Waals surface area (Å²) in [6.45, 7) is 7.79. The lowest BCUT2D eigenvalue weighted by Gasteiger charge is -2.01. The highest BCUT2D eigenvalue weighted by atomic mass is 32.1. The van der Waals surface area contributed by atoms with E-state index < -0.39 is 0 Å². The molecule has 1 radical (unpaired) electrons. The third kappa shape index (κ3) is 3.96. The van der Waals surface area contributed by atoms with Gasteiger partial charge in [-0.15, -0.1) is 13.2 Å². The Morgan fingerprint density at radius 2 is 2.25 bits per heavy atom. The minimum absolute atomic E-state index is 0.0204. The fourth-order valence-corrected chi connectivity index (χ4v) is 0.379. The first kappa shape index (κ1) is 7.79. The molecule has 0 bridgehead atoms. The van der Waals surface area contributed by atoms with Gasteiger partial charge in [0.15, 0.2) is 0 Å². The summed E-state index contributed by atoms with van der Waals surface area (Å²) in [6, 6.07) is 0. The quantitative estimate of drug-likeness (QED) is 0.565. The maximum atomic E-state index is 4.83. The molecule has 0 aromatic rings. The molecule has 1 atom stereocenters. The van der Waals surface area contributed by atoms with E-state index in [2.05, 4.69) is 18.5 Å². The van der Waals surface area contributed by atoms with Crippen LogP contribution in [0.3, 0.4) is 0 Å². The van der Waals surface area contributed by atoms with E-state index in [1.807, 2.05) is 0 Å². The molecule has 0 saturated heterocycles. The van der Waals surface area contributed by atoms with E-state index in [1.165, 1.54) is 0 Å². The molecule has 0 rings (SSSR count). The van der Waals surface area contributed by atoms with Gasteiger partial charge in [-0.25, -0.2) is 0 Å². The van der Waals surface area contributed by atoms with Crippen molar-refractivity contribution in [1.29, 1.82) is 0 Å². The summed E-state index contributed by atoms with van der Waals surface area (Å²) in [4.78, 5) is 0. The zero-order chi connectivity index (χ0) is 6.41. The molecular formula is C6H10NS. The van der Waals surface area contributed by atoms with E-state index in [0.29, 0.717) is 0 Å². The van der Waals surface area contributed by atoms with E-state index in [4.69, 9.17) is 12.6 Å². The van der Waals surface area contributed by atoms with Gasteiger partial charge in [0, 0.05) is 6.54 Å². The first-order valence-corrected chi connectivity index (χ1v) is 2.91. The summed E-state index contributed by atoms with van der Waals surface area (Å²) >= 11 is 4.83. The Morgan fingerprint density at radius 1 is 1.62 bits per heavy atom. The molecule has 0 fully saturated rings. The van der Waals surface area contributed by atoms with Crippen molar-refractivity contribution < 1.29 is 0 Å². The topological polar surface area (TPSA) is 12.0 Å². The van der Waals surface area contributed by atoms with Crippen molar-refractivity contribution in [2.24, 2.45) is 0 Å². The smallest absolute Gasteiger partial charge is 0.0823 e. The van der Waals surface area contributed by atoms with Crippen molar-refractivity contribution in [1.82, 2.24) is 5.32 Å². The minimum Gasteiger partial charge on any atom is -0.298 e. The lowest BCUT2D eigenvalue weighted by Crippen LogP contribution is -2.20. The van der Waals surface area contributed by atoms with Crippen LogP contribution in [-0.2, 0) is 0 Å². The second-order valence-electron chi connectivity index (χ2n) is 1.35. The zero-order valence-corrected chi connectivity index (χ0v) is 5.58. The van der Waals surface area contributed by atoms with Crippen LogP contribution in [0.4, 0.5) is 0 Å². The highest BCUT2D eigenvalue weighted by molar-refractivity contribution is 7.81. The van der Waals surface area contributed by atoms with Crippen LogP contribution in [0.15, 0.2) is 25.3 Å². The normalized spacial score (nSPS) is 12.6. The summed E-state index contributed by atoms with van der Waals surface area (Å²) in [5.41, 5.74) is 0. The van der Waals surface area contributed by atoms with Crippen molar-refractivity contribution in [2.75, 3.05) is 6.54 Å². The Balaban J connectivity index is 3.09. The molecule has 1 nitrogen and oxygen atoms in total. The van der Waals surface area contributed by atoms with Gasteiger partial charge in [0.05, 0.1) is 5.37 Å². The highest BCUT2D eigenvalue weighted by Gasteiger charge is 1.89. The molecule has 0 heterocycles. The molecular weight excluding hydrogens is 118 g/mol. The van der Waals surface area contributed by atoms with Crippen molar-refractivity contribution >= 4 is 12.6 Å². The van der Waals surface area contributed by atoms with Gasteiger partial charge in [-0.05, 0) is 0 Å². The molecule has 2 heteroatoms. The fraction of sp³-hybridized carbons (Fsp3) is 0.333. The lowest BCUT2D eigenvalue weighted by atomic mass is 10.5. The minimum atomic E-state index is -0.0204. The first-order valence-electron chi connectivity index (χ1n) is 2.44. The average molecular weight is 128 g/mol. The van der Waals surface area contributed by atoms with Crippen LogP contribution in [0, 0.1) is 0 Å². The molecule has 1 N–H and O–H groups in total. The van der Waals surface area contributed by atoms with Crippen molar-refractivity contribution in [2.45, 2.75) is 5.37 Å². The molecule has 0 aliphatic rings. The predicted molar refractivity (Wildman–Crippen MR) is 39.8 cm³/mol. The number of hydrogen-bond acceptors (Lipinski definition) is 1. The van der Waals surface area contributed by atoms with Crippen LogP contribution in [-0.4, -0.2) is 11.9 Å². The van der Waals surface area contributed by atoms with Gasteiger partial charge in [-0.3, -0.25) is 5.32 Å². The predicted octanol–water partition coefficient (Wildman–Crippen LogP) is 1.47. The van der Waals surface area contributed by atoms with E-state index in [1.54, 1.807) is 12.2 Å². The van der Waals surface area contributed by atoms with Gasteiger partial charge in [0.2, 0.25) is 0 Å². The molecule has 0 saturated carbocycles. The molecule has 0 spiro atoms. The van der Waals surface area contributed by atoms with Gasteiger partial charge in [-0.2, -0.15) is 0 Å². The van der Waals surface area contributed by atoms with E-state index in [9.17, 15) is 0 Å². The largest absolute Gasteiger partial charge is 0.298 e. The fourth-order valence-electron chi connectivity index (χ4n) is 0.283. The molecule has 0 aromatic carbocycles. The van der Waals surface area contributed by atoms with Crippen molar-refractivity contribution in [3.05, 3.63) is 25.3 Å². The Morgan fingerprint density at radius 3 is 2.62 bits per heavy atom. The highest BCUT2D eigenvalue weighted by Crippen LogP contribution is 1.87. The molecule has 1 unspecified atom stereocenters. The van der Waals surface area contributed by atoms with Crippen molar-refractivity contribution in [3.63, 3.8) is 0 Å².